The van der Waals surface area contributed by atoms with E-state index in [0.717, 1.165) is 32.5 Å². The summed E-state index contributed by atoms with van der Waals surface area (Å²) in [5, 5.41) is 10.6. The second-order valence-corrected chi connectivity index (χ2v) is 7.65. The topological polar surface area (TPSA) is 82.5 Å². The van der Waals surface area contributed by atoms with Crippen molar-refractivity contribution in [2.45, 2.75) is 38.9 Å². The third-order valence-electron chi connectivity index (χ3n) is 4.76. The molecule has 9 heteroatoms. The molecule has 2 aliphatic rings. The summed E-state index contributed by atoms with van der Waals surface area (Å²) >= 11 is 0. The van der Waals surface area contributed by atoms with E-state index < -0.39 is 12.1 Å². The largest absolute Gasteiger partial charge is 0.490 e. The molecular weight excluding hydrogens is 363 g/mol. The van der Waals surface area contributed by atoms with Gasteiger partial charge in [0.15, 0.2) is 0 Å². The molecule has 2 N–H and O–H groups in total. The van der Waals surface area contributed by atoms with Gasteiger partial charge < -0.3 is 15.3 Å². The maximum absolute atomic E-state index is 12.5. The molecule has 0 spiro atoms. The Morgan fingerprint density at radius 2 is 1.96 bits per heavy atom. The fourth-order valence-electron chi connectivity index (χ4n) is 3.46. The van der Waals surface area contributed by atoms with Crippen molar-refractivity contribution in [1.82, 2.24) is 15.2 Å². The van der Waals surface area contributed by atoms with Crippen molar-refractivity contribution >= 4 is 11.9 Å². The summed E-state index contributed by atoms with van der Waals surface area (Å²) in [4.78, 5) is 27.6. The van der Waals surface area contributed by atoms with Crippen molar-refractivity contribution in [3.05, 3.63) is 30.1 Å². The summed E-state index contributed by atoms with van der Waals surface area (Å²) < 4.78 is 31.7. The van der Waals surface area contributed by atoms with Crippen LogP contribution in [0.25, 0.3) is 0 Å². The van der Waals surface area contributed by atoms with Crippen molar-refractivity contribution in [1.29, 1.82) is 0 Å². The maximum atomic E-state index is 12.5. The lowest BCUT2D eigenvalue weighted by molar-refractivity contribution is -0.192. The standard InChI is InChI=1S/C16H23N3O.C2HF3O2/c1-16(2)8-13(9-16)15(20)19-7-6-18-14(11-19)12-4-3-5-17-10-12;3-2(4,5)1(6)7/h3-5,10,13-14,18H,6-9,11H2,1-2H3;(H,6,7). The lowest BCUT2D eigenvalue weighted by Crippen LogP contribution is -2.52. The predicted octanol–water partition coefficient (Wildman–Crippen LogP) is 2.62. The van der Waals surface area contributed by atoms with Gasteiger partial charge in [0.05, 0.1) is 6.04 Å². The summed E-state index contributed by atoms with van der Waals surface area (Å²) in [7, 11) is 0. The Bertz CT molecular complexity index is 657. The molecular formula is C18H24F3N3O3. The van der Waals surface area contributed by atoms with Crippen molar-refractivity contribution in [2.24, 2.45) is 11.3 Å². The number of piperazine rings is 1. The van der Waals surface area contributed by atoms with Crippen LogP contribution >= 0.6 is 0 Å². The fraction of sp³-hybridized carbons (Fsp3) is 0.611. The Kier molecular flexibility index (Phi) is 6.46. The second kappa shape index (κ2) is 8.24. The molecule has 6 nitrogen and oxygen atoms in total. The summed E-state index contributed by atoms with van der Waals surface area (Å²) in [6, 6.07) is 4.24. The van der Waals surface area contributed by atoms with E-state index >= 15 is 0 Å². The maximum Gasteiger partial charge on any atom is 0.490 e. The Balaban J connectivity index is 0.000000321. The fourth-order valence-corrected chi connectivity index (χ4v) is 3.46. The van der Waals surface area contributed by atoms with Gasteiger partial charge >= 0.3 is 12.1 Å². The van der Waals surface area contributed by atoms with Gasteiger partial charge in [0, 0.05) is 37.9 Å². The van der Waals surface area contributed by atoms with Crippen molar-refractivity contribution in [2.75, 3.05) is 19.6 Å². The number of hydrogen-bond donors (Lipinski definition) is 2. The smallest absolute Gasteiger partial charge is 0.475 e. The van der Waals surface area contributed by atoms with Crippen molar-refractivity contribution < 1.29 is 27.9 Å². The van der Waals surface area contributed by atoms with E-state index in [9.17, 15) is 18.0 Å². The van der Waals surface area contributed by atoms with E-state index in [-0.39, 0.29) is 12.0 Å². The molecule has 2 fully saturated rings. The van der Waals surface area contributed by atoms with Crippen LogP contribution in [0.2, 0.25) is 0 Å². The van der Waals surface area contributed by atoms with Crippen LogP contribution in [0.3, 0.4) is 0 Å². The molecule has 0 radical (unpaired) electrons. The molecule has 1 atom stereocenters. The number of aliphatic carboxylic acids is 1. The number of carboxylic acids is 1. The summed E-state index contributed by atoms with van der Waals surface area (Å²) in [5.74, 6) is -2.16. The number of halogens is 3. The monoisotopic (exact) mass is 387 g/mol. The Morgan fingerprint density at radius 3 is 2.44 bits per heavy atom. The number of alkyl halides is 3. The van der Waals surface area contributed by atoms with Gasteiger partial charge in [-0.2, -0.15) is 13.2 Å². The zero-order valence-electron chi connectivity index (χ0n) is 15.3. The van der Waals surface area contributed by atoms with Gasteiger partial charge in [-0.3, -0.25) is 9.78 Å². The van der Waals surface area contributed by atoms with E-state index in [1.807, 2.05) is 17.2 Å². The number of amides is 1. The highest BCUT2D eigenvalue weighted by atomic mass is 19.4. The number of carbonyl (C=O) groups is 2. The number of aromatic nitrogens is 1. The van der Waals surface area contributed by atoms with Crippen LogP contribution < -0.4 is 5.32 Å². The first-order valence-corrected chi connectivity index (χ1v) is 8.72. The van der Waals surface area contributed by atoms with Gasteiger partial charge in [-0.25, -0.2) is 4.79 Å². The van der Waals surface area contributed by atoms with E-state index in [1.165, 1.54) is 5.56 Å². The van der Waals surface area contributed by atoms with Crippen LogP contribution in [0.15, 0.2) is 24.5 Å². The lowest BCUT2D eigenvalue weighted by Gasteiger charge is -2.45. The average Bonchev–Trinajstić information content (AvgIpc) is 2.59. The number of rotatable bonds is 2. The highest BCUT2D eigenvalue weighted by Gasteiger charge is 2.42. The molecule has 0 aromatic carbocycles. The van der Waals surface area contributed by atoms with Crippen LogP contribution in [0, 0.1) is 11.3 Å². The van der Waals surface area contributed by atoms with E-state index in [2.05, 4.69) is 30.2 Å². The minimum atomic E-state index is -5.08. The first-order chi connectivity index (χ1) is 12.5. The average molecular weight is 387 g/mol. The number of nitrogens with one attached hydrogen (secondary N) is 1. The lowest BCUT2D eigenvalue weighted by atomic mass is 9.64. The number of pyridine rings is 1. The number of hydrogen-bond acceptors (Lipinski definition) is 4. The third-order valence-corrected chi connectivity index (χ3v) is 4.76. The zero-order chi connectivity index (χ0) is 20.2. The van der Waals surface area contributed by atoms with Crippen molar-refractivity contribution in [3.63, 3.8) is 0 Å². The molecule has 1 saturated carbocycles. The summed E-state index contributed by atoms with van der Waals surface area (Å²) in [5.41, 5.74) is 1.52. The quantitative estimate of drug-likeness (QED) is 0.815. The van der Waals surface area contributed by atoms with E-state index in [0.29, 0.717) is 11.3 Å². The minimum Gasteiger partial charge on any atom is -0.475 e. The molecule has 3 rings (SSSR count). The molecule has 1 unspecified atom stereocenters. The first kappa shape index (κ1) is 21.1. The molecule has 27 heavy (non-hydrogen) atoms. The molecule has 1 aliphatic heterocycles. The zero-order valence-corrected chi connectivity index (χ0v) is 15.3. The minimum absolute atomic E-state index is 0.217. The first-order valence-electron chi connectivity index (χ1n) is 8.72. The molecule has 1 saturated heterocycles. The van der Waals surface area contributed by atoms with E-state index in [1.54, 1.807) is 6.20 Å². The summed E-state index contributed by atoms with van der Waals surface area (Å²) in [6.07, 6.45) is 0.657. The molecule has 1 amide bonds. The SMILES string of the molecule is CC1(C)CC(C(=O)N2CCNC(c3cccnc3)C2)C1.O=C(O)C(F)(F)F. The van der Waals surface area contributed by atoms with Crippen LogP contribution in [0.4, 0.5) is 13.2 Å². The Hall–Kier alpha value is -2.16. The normalized spacial score (nSPS) is 22.3. The van der Waals surface area contributed by atoms with Crippen molar-refractivity contribution in [3.8, 4) is 0 Å². The Labute approximate surface area is 155 Å². The van der Waals surface area contributed by atoms with Gasteiger partial charge in [0.2, 0.25) is 5.91 Å². The third kappa shape index (κ3) is 5.92. The van der Waals surface area contributed by atoms with Crippen LogP contribution in [-0.2, 0) is 9.59 Å². The van der Waals surface area contributed by atoms with Gasteiger partial charge in [-0.15, -0.1) is 0 Å². The highest BCUT2D eigenvalue weighted by Crippen LogP contribution is 2.45. The van der Waals surface area contributed by atoms with Crippen LogP contribution in [-0.4, -0.2) is 52.7 Å². The number of carbonyl (C=O) groups excluding carboxylic acids is 1. The van der Waals surface area contributed by atoms with Gasteiger partial charge in [0.1, 0.15) is 0 Å². The van der Waals surface area contributed by atoms with E-state index in [4.69, 9.17) is 9.90 Å². The molecule has 2 heterocycles. The van der Waals surface area contributed by atoms with Crippen LogP contribution in [0.5, 0.6) is 0 Å². The molecule has 150 valence electrons. The Morgan fingerprint density at radius 1 is 1.33 bits per heavy atom. The summed E-state index contributed by atoms with van der Waals surface area (Å²) in [6.45, 7) is 6.94. The molecule has 1 aromatic rings. The molecule has 1 aromatic heterocycles. The highest BCUT2D eigenvalue weighted by molar-refractivity contribution is 5.80. The van der Waals surface area contributed by atoms with Crippen LogP contribution in [0.1, 0.15) is 38.3 Å². The molecule has 1 aliphatic carbocycles. The predicted molar refractivity (Wildman–Crippen MR) is 91.8 cm³/mol. The second-order valence-electron chi connectivity index (χ2n) is 7.65. The van der Waals surface area contributed by atoms with Gasteiger partial charge in [0.25, 0.3) is 0 Å². The van der Waals surface area contributed by atoms with Gasteiger partial charge in [-0.1, -0.05) is 19.9 Å². The van der Waals surface area contributed by atoms with Gasteiger partial charge in [-0.05, 0) is 29.9 Å². The number of nitrogens with zero attached hydrogens (tertiary/aromatic N) is 2. The number of carboxylic acid groups (broad SMARTS) is 1. The molecule has 0 bridgehead atoms.